The molecule has 1 aromatic rings. The second kappa shape index (κ2) is 10.8. The number of piperazine rings is 1. The van der Waals surface area contributed by atoms with Crippen molar-refractivity contribution in [1.82, 2.24) is 20.4 Å². The molecule has 1 saturated carbocycles. The van der Waals surface area contributed by atoms with Crippen LogP contribution in [0.1, 0.15) is 44.6 Å². The molecule has 3 rings (SSSR count). The first-order valence-electron chi connectivity index (χ1n) is 11.2. The summed E-state index contributed by atoms with van der Waals surface area (Å²) in [5, 5.41) is 6.97. The number of nitrogens with one attached hydrogen (secondary N) is 2. The first-order chi connectivity index (χ1) is 13.7. The maximum absolute atomic E-state index is 4.96. The van der Waals surface area contributed by atoms with E-state index in [1.54, 1.807) is 0 Å². The van der Waals surface area contributed by atoms with E-state index in [1.165, 1.54) is 70.4 Å². The maximum Gasteiger partial charge on any atom is 0.191 e. The van der Waals surface area contributed by atoms with E-state index in [9.17, 15) is 0 Å². The Morgan fingerprint density at radius 1 is 1.04 bits per heavy atom. The van der Waals surface area contributed by atoms with E-state index in [4.69, 9.17) is 4.99 Å². The Hall–Kier alpha value is -1.59. The van der Waals surface area contributed by atoms with Crippen molar-refractivity contribution >= 4 is 5.96 Å². The Kier molecular flexibility index (Phi) is 8.16. The summed E-state index contributed by atoms with van der Waals surface area (Å²) in [6.07, 6.45) is 6.28. The van der Waals surface area contributed by atoms with Crippen molar-refractivity contribution in [2.24, 2.45) is 4.99 Å². The van der Waals surface area contributed by atoms with Gasteiger partial charge >= 0.3 is 0 Å². The number of aliphatic imine (C=N–C) groups is 1. The average Bonchev–Trinajstić information content (AvgIpc) is 2.69. The molecule has 1 aliphatic heterocycles. The highest BCUT2D eigenvalue weighted by Gasteiger charge is 2.38. The van der Waals surface area contributed by atoms with Crippen molar-refractivity contribution < 1.29 is 0 Å². The van der Waals surface area contributed by atoms with Crippen LogP contribution in [-0.4, -0.2) is 75.2 Å². The maximum atomic E-state index is 4.96. The summed E-state index contributed by atoms with van der Waals surface area (Å²) in [5.74, 6) is 0.976. The van der Waals surface area contributed by atoms with Gasteiger partial charge < -0.3 is 20.4 Å². The topological polar surface area (TPSA) is 42.9 Å². The number of nitrogens with zero attached hydrogens (tertiary/aromatic N) is 3. The second-order valence-electron chi connectivity index (χ2n) is 8.47. The molecule has 2 fully saturated rings. The van der Waals surface area contributed by atoms with E-state index in [0.717, 1.165) is 25.6 Å². The standard InChI is InChI=1S/C23H39N5/c1-3-24-22(25-14-7-8-15-28-18-16-27(2)17-19-28)26-20-23(12-9-13-23)21-10-5-4-6-11-21/h4-6,10-11H,3,7-9,12-20H2,1-2H3,(H2,24,25,26). The number of hydrogen-bond donors (Lipinski definition) is 2. The fourth-order valence-corrected chi connectivity index (χ4v) is 4.24. The van der Waals surface area contributed by atoms with Crippen LogP contribution in [0.3, 0.4) is 0 Å². The largest absolute Gasteiger partial charge is 0.357 e. The van der Waals surface area contributed by atoms with Crippen LogP contribution >= 0.6 is 0 Å². The van der Waals surface area contributed by atoms with Gasteiger partial charge in [0.2, 0.25) is 0 Å². The third-order valence-electron chi connectivity index (χ3n) is 6.37. The average molecular weight is 386 g/mol. The lowest BCUT2D eigenvalue weighted by molar-refractivity contribution is 0.152. The van der Waals surface area contributed by atoms with Crippen LogP contribution in [-0.2, 0) is 5.41 Å². The lowest BCUT2D eigenvalue weighted by atomic mass is 9.64. The van der Waals surface area contributed by atoms with E-state index >= 15 is 0 Å². The first kappa shape index (κ1) is 21.1. The quantitative estimate of drug-likeness (QED) is 0.390. The summed E-state index contributed by atoms with van der Waals surface area (Å²) in [6.45, 7) is 11.0. The Morgan fingerprint density at radius 2 is 1.79 bits per heavy atom. The molecule has 0 amide bonds. The highest BCUT2D eigenvalue weighted by Crippen LogP contribution is 2.43. The Morgan fingerprint density at radius 3 is 2.43 bits per heavy atom. The minimum atomic E-state index is 0.255. The minimum absolute atomic E-state index is 0.255. The predicted octanol–water partition coefficient (Wildman–Crippen LogP) is 2.69. The van der Waals surface area contributed by atoms with Crippen LogP contribution in [0.15, 0.2) is 35.3 Å². The molecule has 156 valence electrons. The van der Waals surface area contributed by atoms with Gasteiger partial charge in [0.05, 0.1) is 6.54 Å². The Bertz CT molecular complexity index is 588. The number of hydrogen-bond acceptors (Lipinski definition) is 3. The number of benzene rings is 1. The molecule has 1 heterocycles. The molecule has 28 heavy (non-hydrogen) atoms. The van der Waals surface area contributed by atoms with E-state index < -0.39 is 0 Å². The third kappa shape index (κ3) is 5.95. The second-order valence-corrected chi connectivity index (χ2v) is 8.47. The molecule has 1 aliphatic carbocycles. The van der Waals surface area contributed by atoms with Crippen molar-refractivity contribution in [3.05, 3.63) is 35.9 Å². The van der Waals surface area contributed by atoms with E-state index in [-0.39, 0.29) is 5.41 Å². The highest BCUT2D eigenvalue weighted by molar-refractivity contribution is 5.79. The van der Waals surface area contributed by atoms with Gasteiger partial charge in [0.15, 0.2) is 5.96 Å². The van der Waals surface area contributed by atoms with Crippen molar-refractivity contribution in [3.8, 4) is 0 Å². The monoisotopic (exact) mass is 385 g/mol. The number of guanidine groups is 1. The van der Waals surface area contributed by atoms with E-state index in [1.807, 2.05) is 0 Å². The fraction of sp³-hybridized carbons (Fsp3) is 0.696. The van der Waals surface area contributed by atoms with Crippen LogP contribution in [0.4, 0.5) is 0 Å². The Labute approximate surface area is 171 Å². The normalized spacial score (nSPS) is 20.6. The predicted molar refractivity (Wildman–Crippen MR) is 119 cm³/mol. The summed E-state index contributed by atoms with van der Waals surface area (Å²) < 4.78 is 0. The van der Waals surface area contributed by atoms with Crippen LogP contribution in [0.5, 0.6) is 0 Å². The molecule has 0 atom stereocenters. The molecular weight excluding hydrogens is 346 g/mol. The molecule has 5 nitrogen and oxygen atoms in total. The molecule has 0 unspecified atom stereocenters. The van der Waals surface area contributed by atoms with Gasteiger partial charge in [0.1, 0.15) is 0 Å². The summed E-state index contributed by atoms with van der Waals surface area (Å²) in [6, 6.07) is 11.0. The highest BCUT2D eigenvalue weighted by atomic mass is 15.2. The molecule has 5 heteroatoms. The zero-order valence-corrected chi connectivity index (χ0v) is 17.9. The minimum Gasteiger partial charge on any atom is -0.357 e. The molecule has 1 aromatic carbocycles. The van der Waals surface area contributed by atoms with Gasteiger partial charge in [-0.15, -0.1) is 0 Å². The lowest BCUT2D eigenvalue weighted by Crippen LogP contribution is -2.45. The fourth-order valence-electron chi connectivity index (χ4n) is 4.24. The molecule has 0 aromatic heterocycles. The number of likely N-dealkylation sites (N-methyl/N-ethyl adjacent to an activating group) is 1. The van der Waals surface area contributed by atoms with Gasteiger partial charge in [0.25, 0.3) is 0 Å². The zero-order valence-electron chi connectivity index (χ0n) is 17.9. The van der Waals surface area contributed by atoms with Gasteiger partial charge in [-0.05, 0) is 51.8 Å². The summed E-state index contributed by atoms with van der Waals surface area (Å²) in [5.41, 5.74) is 1.71. The van der Waals surface area contributed by atoms with E-state index in [2.05, 4.69) is 64.7 Å². The Balaban J connectivity index is 1.41. The number of rotatable bonds is 9. The third-order valence-corrected chi connectivity index (χ3v) is 6.37. The SMILES string of the molecule is CCNC(=NCC1(c2ccccc2)CCC1)NCCCCN1CCN(C)CC1. The molecule has 1 saturated heterocycles. The molecule has 2 aliphatic rings. The van der Waals surface area contributed by atoms with Gasteiger partial charge in [0, 0.05) is 44.7 Å². The summed E-state index contributed by atoms with van der Waals surface area (Å²) in [7, 11) is 2.22. The summed E-state index contributed by atoms with van der Waals surface area (Å²) in [4.78, 5) is 9.97. The van der Waals surface area contributed by atoms with Gasteiger partial charge in [-0.2, -0.15) is 0 Å². The molecule has 0 spiro atoms. The van der Waals surface area contributed by atoms with Crippen molar-refractivity contribution in [2.75, 3.05) is 59.4 Å². The van der Waals surface area contributed by atoms with Crippen molar-refractivity contribution in [1.29, 1.82) is 0 Å². The smallest absolute Gasteiger partial charge is 0.191 e. The van der Waals surface area contributed by atoms with Crippen molar-refractivity contribution in [3.63, 3.8) is 0 Å². The van der Waals surface area contributed by atoms with Crippen LogP contribution in [0.25, 0.3) is 0 Å². The van der Waals surface area contributed by atoms with Crippen LogP contribution in [0.2, 0.25) is 0 Å². The van der Waals surface area contributed by atoms with Gasteiger partial charge in [-0.25, -0.2) is 0 Å². The van der Waals surface area contributed by atoms with Crippen LogP contribution < -0.4 is 10.6 Å². The molecule has 0 radical (unpaired) electrons. The lowest BCUT2D eigenvalue weighted by Gasteiger charge is -2.41. The van der Waals surface area contributed by atoms with E-state index in [0.29, 0.717) is 0 Å². The van der Waals surface area contributed by atoms with Gasteiger partial charge in [-0.1, -0.05) is 36.8 Å². The first-order valence-corrected chi connectivity index (χ1v) is 11.2. The van der Waals surface area contributed by atoms with Crippen LogP contribution in [0, 0.1) is 0 Å². The number of unbranched alkanes of at least 4 members (excludes halogenated alkanes) is 1. The molecular formula is C23H39N5. The van der Waals surface area contributed by atoms with Gasteiger partial charge in [-0.3, -0.25) is 4.99 Å². The molecule has 2 N–H and O–H groups in total. The molecule has 0 bridgehead atoms. The zero-order chi connectivity index (χ0) is 19.7. The van der Waals surface area contributed by atoms with Crippen molar-refractivity contribution in [2.45, 2.75) is 44.4 Å². The summed E-state index contributed by atoms with van der Waals surface area (Å²) >= 11 is 0.